The van der Waals surface area contributed by atoms with Crippen LogP contribution in [0.2, 0.25) is 0 Å². The minimum atomic E-state index is -0.333. The average molecular weight is 363 g/mol. The lowest BCUT2D eigenvalue weighted by molar-refractivity contribution is 0.262. The molecule has 2 heterocycles. The number of nitrogens with one attached hydrogen (secondary N) is 2. The molecule has 2 aromatic carbocycles. The first kappa shape index (κ1) is 17.1. The molecule has 7 heteroatoms. The molecular formula is C20H21N5O2. The fourth-order valence-electron chi connectivity index (χ4n) is 3.29. The van der Waals surface area contributed by atoms with E-state index < -0.39 is 0 Å². The number of aromatic nitrogens is 3. The molecule has 1 aliphatic heterocycles. The monoisotopic (exact) mass is 363 g/mol. The Balaban J connectivity index is 1.51. The van der Waals surface area contributed by atoms with Crippen molar-refractivity contribution in [1.29, 1.82) is 0 Å². The summed E-state index contributed by atoms with van der Waals surface area (Å²) in [6, 6.07) is 14.6. The normalized spacial score (nSPS) is 12.9. The number of hydrogen-bond acceptors (Lipinski definition) is 4. The summed E-state index contributed by atoms with van der Waals surface area (Å²) in [5, 5.41) is 14.3. The fourth-order valence-corrected chi connectivity index (χ4v) is 3.29. The Morgan fingerprint density at radius 3 is 2.85 bits per heavy atom. The van der Waals surface area contributed by atoms with Gasteiger partial charge >= 0.3 is 6.03 Å². The van der Waals surface area contributed by atoms with Crippen molar-refractivity contribution in [3.8, 4) is 17.1 Å². The van der Waals surface area contributed by atoms with Gasteiger partial charge in [0.2, 0.25) is 0 Å². The number of fused-ring (bicyclic) bond motifs is 1. The van der Waals surface area contributed by atoms with E-state index in [0.29, 0.717) is 17.1 Å². The van der Waals surface area contributed by atoms with Crippen LogP contribution in [-0.4, -0.2) is 27.9 Å². The standard InChI is InChI=1S/C20H21N5O2/c1-27-17-10-3-2-9-16(17)22-20(26)21-15-8-6-7-14(13-15)19-24-23-18-11-4-5-12-25(18)19/h2-3,6-10,13H,4-5,11-12H2,1H3,(H2,21,22,26). The largest absolute Gasteiger partial charge is 0.495 e. The summed E-state index contributed by atoms with van der Waals surface area (Å²) >= 11 is 0. The van der Waals surface area contributed by atoms with E-state index in [1.54, 1.807) is 19.2 Å². The third-order valence-corrected chi connectivity index (χ3v) is 4.59. The van der Waals surface area contributed by atoms with Crippen LogP contribution in [0.15, 0.2) is 48.5 Å². The Kier molecular flexibility index (Phi) is 4.74. The van der Waals surface area contributed by atoms with Crippen LogP contribution in [-0.2, 0) is 13.0 Å². The number of methoxy groups -OCH3 is 1. The van der Waals surface area contributed by atoms with Crippen LogP contribution in [0.25, 0.3) is 11.4 Å². The molecule has 0 atom stereocenters. The number of anilines is 2. The van der Waals surface area contributed by atoms with Gasteiger partial charge in [-0.05, 0) is 37.1 Å². The van der Waals surface area contributed by atoms with E-state index >= 15 is 0 Å². The maximum Gasteiger partial charge on any atom is 0.323 e. The molecule has 1 aromatic heterocycles. The first-order valence-corrected chi connectivity index (χ1v) is 8.98. The SMILES string of the molecule is COc1ccccc1NC(=O)Nc1cccc(-c2nnc3n2CCCC3)c1. The minimum absolute atomic E-state index is 0.333. The van der Waals surface area contributed by atoms with E-state index in [0.717, 1.165) is 43.0 Å². The molecule has 0 bridgehead atoms. The third kappa shape index (κ3) is 3.62. The van der Waals surface area contributed by atoms with Gasteiger partial charge in [0.1, 0.15) is 11.6 Å². The molecule has 3 aromatic rings. The van der Waals surface area contributed by atoms with Crippen LogP contribution in [0.1, 0.15) is 18.7 Å². The molecule has 0 saturated heterocycles. The molecule has 0 unspecified atom stereocenters. The first-order valence-electron chi connectivity index (χ1n) is 8.98. The smallest absolute Gasteiger partial charge is 0.323 e. The second-order valence-electron chi connectivity index (χ2n) is 6.41. The predicted octanol–water partition coefficient (Wildman–Crippen LogP) is 3.93. The number of benzene rings is 2. The number of ether oxygens (including phenoxy) is 1. The van der Waals surface area contributed by atoms with Gasteiger partial charge in [0.25, 0.3) is 0 Å². The first-order chi connectivity index (χ1) is 13.2. The highest BCUT2D eigenvalue weighted by molar-refractivity contribution is 6.00. The fraction of sp³-hybridized carbons (Fsp3) is 0.250. The second kappa shape index (κ2) is 7.49. The van der Waals surface area contributed by atoms with E-state index in [4.69, 9.17) is 4.74 Å². The number of aryl methyl sites for hydroxylation is 1. The highest BCUT2D eigenvalue weighted by atomic mass is 16.5. The van der Waals surface area contributed by atoms with Crippen molar-refractivity contribution in [2.45, 2.75) is 25.8 Å². The van der Waals surface area contributed by atoms with Crippen molar-refractivity contribution in [1.82, 2.24) is 14.8 Å². The minimum Gasteiger partial charge on any atom is -0.495 e. The molecule has 2 N–H and O–H groups in total. The van der Waals surface area contributed by atoms with Crippen LogP contribution < -0.4 is 15.4 Å². The van der Waals surface area contributed by atoms with Gasteiger partial charge in [-0.1, -0.05) is 24.3 Å². The quantitative estimate of drug-likeness (QED) is 0.736. The van der Waals surface area contributed by atoms with Crippen molar-refractivity contribution >= 4 is 17.4 Å². The molecule has 0 radical (unpaired) electrons. The van der Waals surface area contributed by atoms with Crippen LogP contribution in [0.3, 0.4) is 0 Å². The van der Waals surface area contributed by atoms with Gasteiger partial charge in [0.05, 0.1) is 12.8 Å². The molecule has 0 aliphatic carbocycles. The molecule has 2 amide bonds. The Morgan fingerprint density at radius 2 is 1.96 bits per heavy atom. The highest BCUT2D eigenvalue weighted by Gasteiger charge is 2.17. The Morgan fingerprint density at radius 1 is 1.07 bits per heavy atom. The third-order valence-electron chi connectivity index (χ3n) is 4.59. The number of carbonyl (C=O) groups excluding carboxylic acids is 1. The van der Waals surface area contributed by atoms with Gasteiger partial charge in [-0.3, -0.25) is 0 Å². The Bertz CT molecular complexity index is 967. The molecular weight excluding hydrogens is 342 g/mol. The summed E-state index contributed by atoms with van der Waals surface area (Å²) in [5.41, 5.74) is 2.24. The number of para-hydroxylation sites is 2. The zero-order valence-electron chi connectivity index (χ0n) is 15.1. The molecule has 27 heavy (non-hydrogen) atoms. The van der Waals surface area contributed by atoms with Crippen molar-refractivity contribution in [2.75, 3.05) is 17.7 Å². The molecule has 0 fully saturated rings. The lowest BCUT2D eigenvalue weighted by atomic mass is 10.1. The van der Waals surface area contributed by atoms with Crippen LogP contribution in [0.4, 0.5) is 16.2 Å². The average Bonchev–Trinajstić information content (AvgIpc) is 3.13. The molecule has 1 aliphatic rings. The van der Waals surface area contributed by atoms with E-state index in [9.17, 15) is 4.79 Å². The van der Waals surface area contributed by atoms with Crippen LogP contribution >= 0.6 is 0 Å². The number of nitrogens with zero attached hydrogens (tertiary/aromatic N) is 3. The predicted molar refractivity (Wildman–Crippen MR) is 104 cm³/mol. The molecule has 0 saturated carbocycles. The van der Waals surface area contributed by atoms with Gasteiger partial charge in [0.15, 0.2) is 5.82 Å². The highest BCUT2D eigenvalue weighted by Crippen LogP contribution is 2.26. The van der Waals surface area contributed by atoms with E-state index in [1.165, 1.54) is 0 Å². The van der Waals surface area contributed by atoms with Crippen molar-refractivity contribution in [3.05, 3.63) is 54.4 Å². The second-order valence-corrected chi connectivity index (χ2v) is 6.41. The van der Waals surface area contributed by atoms with Gasteiger partial charge < -0.3 is 19.9 Å². The van der Waals surface area contributed by atoms with Crippen LogP contribution in [0.5, 0.6) is 5.75 Å². The molecule has 7 nitrogen and oxygen atoms in total. The summed E-state index contributed by atoms with van der Waals surface area (Å²) < 4.78 is 7.42. The molecule has 0 spiro atoms. The summed E-state index contributed by atoms with van der Waals surface area (Å²) in [6.45, 7) is 0.934. The van der Waals surface area contributed by atoms with Crippen molar-refractivity contribution in [2.24, 2.45) is 0 Å². The summed E-state index contributed by atoms with van der Waals surface area (Å²) in [6.07, 6.45) is 3.26. The summed E-state index contributed by atoms with van der Waals surface area (Å²) in [7, 11) is 1.57. The van der Waals surface area contributed by atoms with Gasteiger partial charge in [-0.15, -0.1) is 10.2 Å². The zero-order valence-corrected chi connectivity index (χ0v) is 15.1. The number of urea groups is 1. The zero-order chi connectivity index (χ0) is 18.6. The summed E-state index contributed by atoms with van der Waals surface area (Å²) in [5.74, 6) is 2.48. The summed E-state index contributed by atoms with van der Waals surface area (Å²) in [4.78, 5) is 12.4. The molecule has 138 valence electrons. The number of rotatable bonds is 4. The van der Waals surface area contributed by atoms with E-state index in [2.05, 4.69) is 25.4 Å². The van der Waals surface area contributed by atoms with Gasteiger partial charge in [0, 0.05) is 24.2 Å². The van der Waals surface area contributed by atoms with Gasteiger partial charge in [-0.2, -0.15) is 0 Å². The molecule has 4 rings (SSSR count). The van der Waals surface area contributed by atoms with Crippen molar-refractivity contribution < 1.29 is 9.53 Å². The van der Waals surface area contributed by atoms with E-state index in [1.807, 2.05) is 36.4 Å². The van der Waals surface area contributed by atoms with Crippen molar-refractivity contribution in [3.63, 3.8) is 0 Å². The van der Waals surface area contributed by atoms with E-state index in [-0.39, 0.29) is 6.03 Å². The lowest BCUT2D eigenvalue weighted by Crippen LogP contribution is -2.19. The van der Waals surface area contributed by atoms with Crippen LogP contribution in [0, 0.1) is 0 Å². The topological polar surface area (TPSA) is 81.1 Å². The lowest BCUT2D eigenvalue weighted by Gasteiger charge is -2.15. The number of carbonyl (C=O) groups is 1. The number of hydrogen-bond donors (Lipinski definition) is 2. The van der Waals surface area contributed by atoms with Gasteiger partial charge in [-0.25, -0.2) is 4.79 Å². The maximum atomic E-state index is 12.4. The Labute approximate surface area is 157 Å². The number of amides is 2. The Hall–Kier alpha value is -3.35. The maximum absolute atomic E-state index is 12.4.